The minimum atomic E-state index is -4.86. The Balaban J connectivity index is 1.64. The summed E-state index contributed by atoms with van der Waals surface area (Å²) < 4.78 is 60.6. The van der Waals surface area contributed by atoms with Crippen molar-refractivity contribution in [1.29, 1.82) is 0 Å². The number of nitrogens with zero attached hydrogens (tertiary/aromatic N) is 3. The zero-order chi connectivity index (χ0) is 24.6. The number of alkyl halides is 3. The third kappa shape index (κ3) is 5.01. The van der Waals surface area contributed by atoms with E-state index in [0.717, 1.165) is 19.4 Å². The topological polar surface area (TPSA) is 76.3 Å². The molecule has 3 N–H and O–H groups in total. The van der Waals surface area contributed by atoms with Gasteiger partial charge in [-0.2, -0.15) is 13.2 Å². The predicted octanol–water partition coefficient (Wildman–Crippen LogP) is 5.32. The van der Waals surface area contributed by atoms with Gasteiger partial charge in [-0.15, -0.1) is 0 Å². The van der Waals surface area contributed by atoms with E-state index in [1.54, 1.807) is 26.0 Å². The van der Waals surface area contributed by atoms with Crippen molar-refractivity contribution in [2.45, 2.75) is 44.9 Å². The molecular formula is C24H27F4N5O. The Kier molecular flexibility index (Phi) is 6.53. The lowest BCUT2D eigenvalue weighted by Crippen LogP contribution is -2.30. The fourth-order valence-corrected chi connectivity index (χ4v) is 4.28. The summed E-state index contributed by atoms with van der Waals surface area (Å²) in [7, 11) is 2.07. The predicted molar refractivity (Wildman–Crippen MR) is 123 cm³/mol. The van der Waals surface area contributed by atoms with E-state index in [9.17, 15) is 17.6 Å². The molecule has 1 aliphatic heterocycles. The number of aryl methyl sites for hydroxylation is 1. The molecule has 6 nitrogen and oxygen atoms in total. The lowest BCUT2D eigenvalue weighted by Gasteiger charge is -2.21. The first-order chi connectivity index (χ1) is 16.0. The highest BCUT2D eigenvalue weighted by Crippen LogP contribution is 2.37. The maximum atomic E-state index is 14.8. The van der Waals surface area contributed by atoms with Crippen molar-refractivity contribution in [3.63, 3.8) is 0 Å². The molecule has 1 aromatic heterocycles. The minimum Gasteiger partial charge on any atom is -0.492 e. The van der Waals surface area contributed by atoms with Crippen LogP contribution in [0.1, 0.15) is 42.8 Å². The van der Waals surface area contributed by atoms with Crippen LogP contribution < -0.4 is 15.8 Å². The van der Waals surface area contributed by atoms with Crippen LogP contribution in [0, 0.1) is 12.7 Å². The smallest absolute Gasteiger partial charge is 0.419 e. The van der Waals surface area contributed by atoms with Gasteiger partial charge in [-0.3, -0.25) is 0 Å². The Labute approximate surface area is 195 Å². The summed E-state index contributed by atoms with van der Waals surface area (Å²) in [6.07, 6.45) is -2.65. The SMILES string of the molecule is Cc1nc(N[C@H](C)c2cc(N)cc(C(F)(F)F)c2F)c2cc(OC[C@@H]3CCCN3C)ccc2n1. The second kappa shape index (κ2) is 9.25. The van der Waals surface area contributed by atoms with Crippen molar-refractivity contribution in [2.75, 3.05) is 31.2 Å². The molecule has 182 valence electrons. The quantitative estimate of drug-likeness (QED) is 0.370. The number of nitrogen functional groups attached to an aromatic ring is 1. The maximum absolute atomic E-state index is 14.8. The molecule has 1 saturated heterocycles. The third-order valence-electron chi connectivity index (χ3n) is 6.14. The number of hydrogen-bond donors (Lipinski definition) is 2. The number of hydrogen-bond acceptors (Lipinski definition) is 6. The van der Waals surface area contributed by atoms with E-state index in [4.69, 9.17) is 10.5 Å². The third-order valence-corrected chi connectivity index (χ3v) is 6.14. The van der Waals surface area contributed by atoms with E-state index in [1.165, 1.54) is 6.07 Å². The first-order valence-electron chi connectivity index (χ1n) is 11.1. The van der Waals surface area contributed by atoms with E-state index in [-0.39, 0.29) is 11.3 Å². The van der Waals surface area contributed by atoms with Crippen molar-refractivity contribution in [1.82, 2.24) is 14.9 Å². The zero-order valence-corrected chi connectivity index (χ0v) is 19.2. The fraction of sp³-hybridized carbons (Fsp3) is 0.417. The van der Waals surface area contributed by atoms with Crippen molar-refractivity contribution in [3.8, 4) is 5.75 Å². The molecule has 0 unspecified atom stereocenters. The Hall–Kier alpha value is -3.14. The number of halogens is 4. The molecule has 0 saturated carbocycles. The van der Waals surface area contributed by atoms with Crippen LogP contribution in [0.2, 0.25) is 0 Å². The summed E-state index contributed by atoms with van der Waals surface area (Å²) in [5, 5.41) is 3.66. The first kappa shape index (κ1) is 24.0. The van der Waals surface area contributed by atoms with Gasteiger partial charge in [0.25, 0.3) is 0 Å². The molecule has 2 aromatic carbocycles. The Morgan fingerprint density at radius 2 is 2.00 bits per heavy atom. The van der Waals surface area contributed by atoms with Crippen LogP contribution in [-0.4, -0.2) is 41.1 Å². The molecule has 0 amide bonds. The van der Waals surface area contributed by atoms with Crippen LogP contribution in [-0.2, 0) is 6.18 Å². The summed E-state index contributed by atoms with van der Waals surface area (Å²) in [6.45, 7) is 4.85. The Morgan fingerprint density at radius 3 is 2.68 bits per heavy atom. The van der Waals surface area contributed by atoms with E-state index in [1.807, 2.05) is 6.07 Å². The maximum Gasteiger partial charge on any atom is 0.419 e. The van der Waals surface area contributed by atoms with Crippen LogP contribution in [0.3, 0.4) is 0 Å². The molecule has 0 aliphatic carbocycles. The van der Waals surface area contributed by atoms with Gasteiger partial charge in [-0.25, -0.2) is 14.4 Å². The highest BCUT2D eigenvalue weighted by molar-refractivity contribution is 5.90. The van der Waals surface area contributed by atoms with Crippen molar-refractivity contribution in [2.24, 2.45) is 0 Å². The number of ether oxygens (including phenoxy) is 1. The summed E-state index contributed by atoms with van der Waals surface area (Å²) in [4.78, 5) is 11.1. The Morgan fingerprint density at radius 1 is 1.24 bits per heavy atom. The molecule has 2 heterocycles. The number of likely N-dealkylation sites (N-methyl/N-ethyl adjacent to an activating group) is 1. The molecule has 0 bridgehead atoms. The normalized spacial score (nSPS) is 17.8. The lowest BCUT2D eigenvalue weighted by molar-refractivity contribution is -0.140. The van der Waals surface area contributed by atoms with Gasteiger partial charge in [0.2, 0.25) is 0 Å². The number of rotatable bonds is 6. The summed E-state index contributed by atoms with van der Waals surface area (Å²) in [6, 6.07) is 6.71. The number of fused-ring (bicyclic) bond motifs is 1. The van der Waals surface area contributed by atoms with Crippen LogP contribution in [0.5, 0.6) is 5.75 Å². The van der Waals surface area contributed by atoms with Crippen LogP contribution in [0.4, 0.5) is 29.1 Å². The molecular weight excluding hydrogens is 450 g/mol. The van der Waals surface area contributed by atoms with Gasteiger partial charge < -0.3 is 20.7 Å². The van der Waals surface area contributed by atoms with Gasteiger partial charge in [0, 0.05) is 22.7 Å². The van der Waals surface area contributed by atoms with E-state index >= 15 is 0 Å². The van der Waals surface area contributed by atoms with Crippen molar-refractivity contribution < 1.29 is 22.3 Å². The largest absolute Gasteiger partial charge is 0.492 e. The average Bonchev–Trinajstić information content (AvgIpc) is 3.17. The van der Waals surface area contributed by atoms with Gasteiger partial charge in [0.05, 0.1) is 17.1 Å². The van der Waals surface area contributed by atoms with Crippen LogP contribution in [0.15, 0.2) is 30.3 Å². The fourth-order valence-electron chi connectivity index (χ4n) is 4.28. The number of nitrogens with one attached hydrogen (secondary N) is 1. The molecule has 2 atom stereocenters. The molecule has 34 heavy (non-hydrogen) atoms. The van der Waals surface area contributed by atoms with Gasteiger partial charge in [0.1, 0.15) is 29.8 Å². The lowest BCUT2D eigenvalue weighted by atomic mass is 10.0. The van der Waals surface area contributed by atoms with E-state index in [2.05, 4.69) is 27.2 Å². The average molecular weight is 478 g/mol. The van der Waals surface area contributed by atoms with E-state index in [0.29, 0.717) is 47.0 Å². The summed E-state index contributed by atoms with van der Waals surface area (Å²) in [5.41, 5.74) is 4.51. The van der Waals surface area contributed by atoms with E-state index < -0.39 is 23.6 Å². The molecule has 1 fully saturated rings. The Bertz CT molecular complexity index is 1200. The van der Waals surface area contributed by atoms with Gasteiger partial charge in [0.15, 0.2) is 0 Å². The zero-order valence-electron chi connectivity index (χ0n) is 19.2. The van der Waals surface area contributed by atoms with Crippen molar-refractivity contribution in [3.05, 3.63) is 53.1 Å². The number of likely N-dealkylation sites (tertiary alicyclic amines) is 1. The van der Waals surface area contributed by atoms with Crippen LogP contribution >= 0.6 is 0 Å². The highest BCUT2D eigenvalue weighted by atomic mass is 19.4. The van der Waals surface area contributed by atoms with Gasteiger partial charge in [-0.1, -0.05) is 0 Å². The first-order valence-corrected chi connectivity index (χ1v) is 11.1. The monoisotopic (exact) mass is 477 g/mol. The molecule has 1 aliphatic rings. The molecule has 0 radical (unpaired) electrons. The number of nitrogens with two attached hydrogens (primary N) is 1. The number of aromatic nitrogens is 2. The molecule has 10 heteroatoms. The number of benzene rings is 2. The molecule has 0 spiro atoms. The second-order valence-electron chi connectivity index (χ2n) is 8.72. The minimum absolute atomic E-state index is 0.173. The van der Waals surface area contributed by atoms with Crippen LogP contribution in [0.25, 0.3) is 10.9 Å². The second-order valence-corrected chi connectivity index (χ2v) is 8.72. The van der Waals surface area contributed by atoms with Gasteiger partial charge in [-0.05, 0) is 70.6 Å². The van der Waals surface area contributed by atoms with Crippen molar-refractivity contribution >= 4 is 22.4 Å². The summed E-state index contributed by atoms with van der Waals surface area (Å²) >= 11 is 0. The highest BCUT2D eigenvalue weighted by Gasteiger charge is 2.36. The molecule has 3 aromatic rings. The molecule has 4 rings (SSSR count). The number of anilines is 2. The summed E-state index contributed by atoms with van der Waals surface area (Å²) in [5.74, 6) is 0.105. The van der Waals surface area contributed by atoms with Gasteiger partial charge >= 0.3 is 6.18 Å². The standard InChI is InChI=1S/C24H27F4N5O/c1-13(18-9-15(29)10-20(22(18)25)24(26,27)28)30-23-19-11-17(6-7-21(19)31-14(2)32-23)34-12-16-5-4-8-33(16)3/h6-7,9-11,13,16H,4-5,8,12,29H2,1-3H3,(H,30,31,32)/t13-,16+/m1/s1.